The van der Waals surface area contributed by atoms with Crippen LogP contribution in [0.2, 0.25) is 0 Å². The molecule has 0 saturated heterocycles. The van der Waals surface area contributed by atoms with Crippen molar-refractivity contribution >= 4 is 55.2 Å². The second kappa shape index (κ2) is 9.13. The summed E-state index contributed by atoms with van der Waals surface area (Å²) in [5.41, 5.74) is 6.21. The average molecular weight is 544 g/mol. The van der Waals surface area contributed by atoms with Crippen molar-refractivity contribution in [1.82, 2.24) is 0 Å². The molecule has 1 unspecified atom stereocenters. The summed E-state index contributed by atoms with van der Waals surface area (Å²) in [5, 5.41) is 11.3. The molecule has 0 saturated carbocycles. The maximum absolute atomic E-state index is 12.8. The van der Waals surface area contributed by atoms with Gasteiger partial charge in [-0.05, 0) is 49.6 Å². The highest BCUT2D eigenvalue weighted by molar-refractivity contribution is 9.10. The molecule has 0 amide bonds. The highest BCUT2D eigenvalue weighted by Gasteiger charge is 2.43. The van der Waals surface area contributed by atoms with Gasteiger partial charge in [0.15, 0.2) is 0 Å². The third-order valence-electron chi connectivity index (χ3n) is 4.54. The number of esters is 2. The van der Waals surface area contributed by atoms with Crippen LogP contribution in [0, 0.1) is 24.0 Å². The van der Waals surface area contributed by atoms with E-state index in [1.165, 1.54) is 19.1 Å². The number of nitrogens with zero attached hydrogens (tertiary/aromatic N) is 1. The number of rotatable bonds is 6. The van der Waals surface area contributed by atoms with E-state index in [0.717, 1.165) is 12.7 Å². The Kier molecular flexibility index (Phi) is 7.25. The number of ether oxygens (including phenoxy) is 2. The number of aryl methyl sites for hydroxylation is 2. The molecule has 1 atom stereocenters. The lowest BCUT2D eigenvalue weighted by Gasteiger charge is -2.28. The van der Waals surface area contributed by atoms with E-state index in [-0.39, 0.29) is 17.7 Å². The Morgan fingerprint density at radius 1 is 1.13 bits per heavy atom. The molecule has 0 spiro atoms. The second-order valence-corrected chi connectivity index (χ2v) is 8.45. The number of hydrogen-bond donors (Lipinski definition) is 1. The molecule has 8 nitrogen and oxygen atoms in total. The maximum Gasteiger partial charge on any atom is 0.354 e. The van der Waals surface area contributed by atoms with Crippen LogP contribution in [0.1, 0.15) is 29.2 Å². The molecule has 0 aliphatic rings. The molecular weight excluding hydrogens is 524 g/mol. The molecule has 0 fully saturated rings. The number of non-ortho nitro benzene ring substituents is 1. The van der Waals surface area contributed by atoms with Gasteiger partial charge in [-0.1, -0.05) is 31.9 Å². The van der Waals surface area contributed by atoms with Crippen molar-refractivity contribution in [1.29, 1.82) is 0 Å². The molecule has 0 bridgehead atoms. The third kappa shape index (κ3) is 4.81. The molecular formula is C20H20Br2N2O6. The molecule has 2 aromatic rings. The topological polar surface area (TPSA) is 122 Å². The fourth-order valence-electron chi connectivity index (χ4n) is 3.03. The Hall–Kier alpha value is -2.46. The zero-order chi connectivity index (χ0) is 22.8. The van der Waals surface area contributed by atoms with E-state index in [4.69, 9.17) is 15.2 Å². The summed E-state index contributed by atoms with van der Waals surface area (Å²) >= 11 is 6.76. The summed E-state index contributed by atoms with van der Waals surface area (Å²) in [4.78, 5) is 36.1. The zero-order valence-corrected chi connectivity index (χ0v) is 19.9. The molecule has 160 valence electrons. The van der Waals surface area contributed by atoms with Gasteiger partial charge in [-0.2, -0.15) is 0 Å². The third-order valence-corrected chi connectivity index (χ3v) is 6.73. The minimum atomic E-state index is -1.91. The lowest BCUT2D eigenvalue weighted by atomic mass is 9.93. The van der Waals surface area contributed by atoms with Crippen LogP contribution in [0.4, 0.5) is 11.4 Å². The first-order valence-corrected chi connectivity index (χ1v) is 10.3. The molecule has 10 heteroatoms. The van der Waals surface area contributed by atoms with Crippen molar-refractivity contribution in [3.8, 4) is 0 Å². The minimum absolute atomic E-state index is 0.109. The van der Waals surface area contributed by atoms with Gasteiger partial charge in [-0.3, -0.25) is 14.9 Å². The Balaban J connectivity index is 2.50. The first-order valence-electron chi connectivity index (χ1n) is 8.70. The molecule has 0 aromatic heterocycles. The van der Waals surface area contributed by atoms with Crippen LogP contribution in [0.3, 0.4) is 0 Å². The van der Waals surface area contributed by atoms with Gasteiger partial charge < -0.3 is 15.2 Å². The van der Waals surface area contributed by atoms with E-state index in [2.05, 4.69) is 31.9 Å². The normalized spacial score (nSPS) is 12.7. The number of nitrogens with two attached hydrogens (primary N) is 1. The van der Waals surface area contributed by atoms with Gasteiger partial charge in [-0.25, -0.2) is 4.79 Å². The number of carbonyl (C=O) groups excluding carboxylic acids is 2. The number of hydrogen-bond acceptors (Lipinski definition) is 7. The predicted molar refractivity (Wildman–Crippen MR) is 118 cm³/mol. The van der Waals surface area contributed by atoms with Crippen molar-refractivity contribution in [3.05, 3.63) is 65.6 Å². The number of methoxy groups -OCH3 is 1. The van der Waals surface area contributed by atoms with Gasteiger partial charge in [-0.15, -0.1) is 0 Å². The van der Waals surface area contributed by atoms with Gasteiger partial charge in [0.1, 0.15) is 0 Å². The number of nitro groups is 1. The van der Waals surface area contributed by atoms with Gasteiger partial charge in [0.25, 0.3) is 5.69 Å². The SMILES string of the molecule is COC(=O)C(C)(OC(=O)Cc1cc(N)cc(C)c1Br)c1cc([N+](=O)[O-])cc(C)c1Br. The number of nitrogen functional groups attached to an aromatic ring is 1. The van der Waals surface area contributed by atoms with E-state index < -0.39 is 22.5 Å². The van der Waals surface area contributed by atoms with Crippen LogP contribution in [-0.2, 0) is 31.1 Å². The highest BCUT2D eigenvalue weighted by atomic mass is 79.9. The molecule has 2 aromatic carbocycles. The summed E-state index contributed by atoms with van der Waals surface area (Å²) in [6.45, 7) is 4.79. The number of halogens is 2. The number of benzene rings is 2. The van der Waals surface area contributed by atoms with Gasteiger partial charge in [0.05, 0.1) is 18.5 Å². The monoisotopic (exact) mass is 542 g/mol. The Labute approximate surface area is 190 Å². The first kappa shape index (κ1) is 23.8. The summed E-state index contributed by atoms with van der Waals surface area (Å²) in [7, 11) is 1.14. The van der Waals surface area contributed by atoms with E-state index in [9.17, 15) is 19.7 Å². The lowest BCUT2D eigenvalue weighted by molar-refractivity contribution is -0.385. The molecule has 2 rings (SSSR count). The van der Waals surface area contributed by atoms with E-state index in [0.29, 0.717) is 25.8 Å². The van der Waals surface area contributed by atoms with Crippen LogP contribution in [0.25, 0.3) is 0 Å². The van der Waals surface area contributed by atoms with Crippen molar-refractivity contribution in [2.45, 2.75) is 32.8 Å². The van der Waals surface area contributed by atoms with Crippen LogP contribution in [-0.4, -0.2) is 24.0 Å². The number of nitro benzene ring substituents is 1. The van der Waals surface area contributed by atoms with Gasteiger partial charge in [0.2, 0.25) is 5.60 Å². The number of anilines is 1. The molecule has 30 heavy (non-hydrogen) atoms. The van der Waals surface area contributed by atoms with E-state index in [1.54, 1.807) is 19.1 Å². The largest absolute Gasteiger partial charge is 0.466 e. The van der Waals surface area contributed by atoms with Crippen LogP contribution >= 0.6 is 31.9 Å². The lowest BCUT2D eigenvalue weighted by Crippen LogP contribution is -2.39. The summed E-state index contributed by atoms with van der Waals surface area (Å²) in [6, 6.07) is 5.91. The maximum atomic E-state index is 12.8. The summed E-state index contributed by atoms with van der Waals surface area (Å²) < 4.78 is 11.5. The standard InChI is InChI=1S/C20H20Br2N2O6/c1-10-5-13(23)7-12(17(10)21)8-16(25)30-20(3,19(26)29-4)15-9-14(24(27)28)6-11(2)18(15)22/h5-7,9H,8,23H2,1-4H3. The first-order chi connectivity index (χ1) is 13.9. The highest BCUT2D eigenvalue weighted by Crippen LogP contribution is 2.38. The smallest absolute Gasteiger partial charge is 0.354 e. The van der Waals surface area contributed by atoms with Crippen molar-refractivity contribution in [3.63, 3.8) is 0 Å². The quantitative estimate of drug-likeness (QED) is 0.246. The second-order valence-electron chi connectivity index (χ2n) is 6.87. The van der Waals surface area contributed by atoms with Gasteiger partial charge in [0, 0.05) is 32.3 Å². The van der Waals surface area contributed by atoms with E-state index >= 15 is 0 Å². The van der Waals surface area contributed by atoms with Crippen molar-refractivity contribution in [2.75, 3.05) is 12.8 Å². The van der Waals surface area contributed by atoms with Crippen LogP contribution < -0.4 is 5.73 Å². The van der Waals surface area contributed by atoms with Crippen LogP contribution in [0.15, 0.2) is 33.2 Å². The van der Waals surface area contributed by atoms with E-state index in [1.807, 2.05) is 6.92 Å². The predicted octanol–water partition coefficient (Wildman–Crippen LogP) is 4.49. The van der Waals surface area contributed by atoms with Crippen molar-refractivity contribution < 1.29 is 24.0 Å². The van der Waals surface area contributed by atoms with Crippen molar-refractivity contribution in [2.24, 2.45) is 0 Å². The summed E-state index contributed by atoms with van der Waals surface area (Å²) in [5.74, 6) is -1.61. The Bertz CT molecular complexity index is 1040. The Morgan fingerprint density at radius 2 is 1.73 bits per heavy atom. The fraction of sp³-hybridized carbons (Fsp3) is 0.300. The average Bonchev–Trinajstić information content (AvgIpc) is 2.66. The van der Waals surface area contributed by atoms with Gasteiger partial charge >= 0.3 is 11.9 Å². The zero-order valence-electron chi connectivity index (χ0n) is 16.7. The molecule has 0 radical (unpaired) electrons. The molecule has 0 aliphatic heterocycles. The molecule has 0 heterocycles. The molecule has 0 aliphatic carbocycles. The van der Waals surface area contributed by atoms with Crippen LogP contribution in [0.5, 0.6) is 0 Å². The fourth-order valence-corrected chi connectivity index (χ4v) is 4.00. The Morgan fingerprint density at radius 3 is 2.30 bits per heavy atom. The minimum Gasteiger partial charge on any atom is -0.466 e. The molecule has 2 N–H and O–H groups in total. The number of carbonyl (C=O) groups is 2. The summed E-state index contributed by atoms with van der Waals surface area (Å²) in [6.07, 6.45) is -0.176.